The first kappa shape index (κ1) is 22.3. The standard InChI is InChI=1S/C21H26N2O5S2/c1-4-27-16-7-9-20(28-5-2)18(13-16)22-30(25,26)17-8-10-21-19(14-17)23(15(3)24)11-6-12-29-21/h7-10,13-14,22H,4-6,11-12H2,1-3H3. The Kier molecular flexibility index (Phi) is 7.14. The summed E-state index contributed by atoms with van der Waals surface area (Å²) in [7, 11) is -3.91. The van der Waals surface area contributed by atoms with Crippen molar-refractivity contribution < 1.29 is 22.7 Å². The fourth-order valence-corrected chi connectivity index (χ4v) is 5.24. The van der Waals surface area contributed by atoms with E-state index in [1.165, 1.54) is 6.92 Å². The smallest absolute Gasteiger partial charge is 0.262 e. The van der Waals surface area contributed by atoms with Crippen LogP contribution >= 0.6 is 11.8 Å². The molecule has 0 saturated heterocycles. The molecule has 30 heavy (non-hydrogen) atoms. The molecule has 1 N–H and O–H groups in total. The highest BCUT2D eigenvalue weighted by atomic mass is 32.2. The highest BCUT2D eigenvalue weighted by molar-refractivity contribution is 7.99. The molecule has 0 saturated carbocycles. The number of fused-ring (bicyclic) bond motifs is 1. The van der Waals surface area contributed by atoms with Crippen molar-refractivity contribution in [2.24, 2.45) is 0 Å². The molecule has 162 valence electrons. The van der Waals surface area contributed by atoms with Crippen LogP contribution in [0.2, 0.25) is 0 Å². The topological polar surface area (TPSA) is 84.9 Å². The van der Waals surface area contributed by atoms with Gasteiger partial charge in [-0.25, -0.2) is 8.42 Å². The predicted octanol–water partition coefficient (Wildman–Crippen LogP) is 4.13. The number of ether oxygens (including phenoxy) is 2. The second kappa shape index (κ2) is 9.61. The van der Waals surface area contributed by atoms with Crippen LogP contribution in [-0.4, -0.2) is 39.8 Å². The number of nitrogens with zero attached hydrogens (tertiary/aromatic N) is 1. The third-order valence-electron chi connectivity index (χ3n) is 4.50. The minimum Gasteiger partial charge on any atom is -0.494 e. The molecule has 0 unspecified atom stereocenters. The Labute approximate surface area is 181 Å². The van der Waals surface area contributed by atoms with E-state index in [4.69, 9.17) is 9.47 Å². The van der Waals surface area contributed by atoms with Crippen LogP contribution in [0.1, 0.15) is 27.2 Å². The van der Waals surface area contributed by atoms with Crippen LogP contribution in [0.3, 0.4) is 0 Å². The molecular weight excluding hydrogens is 424 g/mol. The summed E-state index contributed by atoms with van der Waals surface area (Å²) in [5.41, 5.74) is 0.927. The molecule has 0 radical (unpaired) electrons. The van der Waals surface area contributed by atoms with Crippen molar-refractivity contribution >= 4 is 39.1 Å². The number of amides is 1. The van der Waals surface area contributed by atoms with E-state index in [9.17, 15) is 13.2 Å². The quantitative estimate of drug-likeness (QED) is 0.683. The SMILES string of the molecule is CCOc1ccc(OCC)c(NS(=O)(=O)c2ccc3c(c2)N(C(C)=O)CCCS3)c1. The molecule has 1 heterocycles. The molecule has 0 fully saturated rings. The van der Waals surface area contributed by atoms with Gasteiger partial charge in [0.25, 0.3) is 10.0 Å². The van der Waals surface area contributed by atoms with E-state index in [2.05, 4.69) is 4.72 Å². The number of benzene rings is 2. The van der Waals surface area contributed by atoms with Crippen LogP contribution in [0, 0.1) is 0 Å². The number of nitrogens with one attached hydrogen (secondary N) is 1. The summed E-state index contributed by atoms with van der Waals surface area (Å²) >= 11 is 1.62. The maximum Gasteiger partial charge on any atom is 0.262 e. The Morgan fingerprint density at radius 2 is 1.90 bits per heavy atom. The molecule has 0 bridgehead atoms. The van der Waals surface area contributed by atoms with E-state index in [1.807, 2.05) is 13.8 Å². The second-order valence-corrected chi connectivity index (χ2v) is 9.45. The minimum absolute atomic E-state index is 0.0826. The average Bonchev–Trinajstić information content (AvgIpc) is 2.92. The summed E-state index contributed by atoms with van der Waals surface area (Å²) < 4.78 is 40.0. The zero-order valence-corrected chi connectivity index (χ0v) is 18.9. The first-order valence-corrected chi connectivity index (χ1v) is 12.3. The van der Waals surface area contributed by atoms with Crippen molar-refractivity contribution in [1.82, 2.24) is 0 Å². The number of sulfonamides is 1. The Morgan fingerprint density at radius 1 is 1.13 bits per heavy atom. The lowest BCUT2D eigenvalue weighted by molar-refractivity contribution is -0.116. The summed E-state index contributed by atoms with van der Waals surface area (Å²) in [5.74, 6) is 1.73. The van der Waals surface area contributed by atoms with Crippen molar-refractivity contribution in [3.63, 3.8) is 0 Å². The molecular formula is C21H26N2O5S2. The summed E-state index contributed by atoms with van der Waals surface area (Å²) in [6.45, 7) is 6.60. The van der Waals surface area contributed by atoms with Gasteiger partial charge in [0, 0.05) is 24.4 Å². The van der Waals surface area contributed by atoms with E-state index in [0.717, 1.165) is 17.1 Å². The maximum atomic E-state index is 13.2. The molecule has 7 nitrogen and oxygen atoms in total. The number of carbonyl (C=O) groups excluding carboxylic acids is 1. The summed E-state index contributed by atoms with van der Waals surface area (Å²) in [5, 5.41) is 0. The molecule has 1 aliphatic heterocycles. The molecule has 0 aliphatic carbocycles. The van der Waals surface area contributed by atoms with E-state index < -0.39 is 10.0 Å². The molecule has 2 aromatic rings. The van der Waals surface area contributed by atoms with Crippen molar-refractivity contribution in [2.75, 3.05) is 35.1 Å². The van der Waals surface area contributed by atoms with Crippen LogP contribution < -0.4 is 19.1 Å². The van der Waals surface area contributed by atoms with Crippen LogP contribution in [0.25, 0.3) is 0 Å². The van der Waals surface area contributed by atoms with Crippen LogP contribution in [0.4, 0.5) is 11.4 Å². The number of carbonyl (C=O) groups is 1. The van der Waals surface area contributed by atoms with Crippen molar-refractivity contribution in [3.05, 3.63) is 36.4 Å². The lowest BCUT2D eigenvalue weighted by Gasteiger charge is -2.22. The molecule has 0 aromatic heterocycles. The number of hydrogen-bond acceptors (Lipinski definition) is 6. The number of anilines is 2. The molecule has 9 heteroatoms. The Balaban J connectivity index is 1.98. The van der Waals surface area contributed by atoms with Crippen molar-refractivity contribution in [1.29, 1.82) is 0 Å². The molecule has 0 atom stereocenters. The minimum atomic E-state index is -3.91. The third-order valence-corrected chi connectivity index (χ3v) is 7.01. The molecule has 3 rings (SSSR count). The third kappa shape index (κ3) is 5.02. The Bertz CT molecular complexity index is 1020. The Hall–Kier alpha value is -2.39. The Morgan fingerprint density at radius 3 is 2.60 bits per heavy atom. The highest BCUT2D eigenvalue weighted by Gasteiger charge is 2.24. The van der Waals surface area contributed by atoms with Gasteiger partial charge in [-0.05, 0) is 56.4 Å². The zero-order valence-electron chi connectivity index (χ0n) is 17.3. The molecule has 0 spiro atoms. The highest BCUT2D eigenvalue weighted by Crippen LogP contribution is 2.37. The van der Waals surface area contributed by atoms with Crippen LogP contribution in [0.15, 0.2) is 46.2 Å². The van der Waals surface area contributed by atoms with Crippen LogP contribution in [-0.2, 0) is 14.8 Å². The van der Waals surface area contributed by atoms with Gasteiger partial charge in [-0.1, -0.05) is 0 Å². The van der Waals surface area contributed by atoms with Crippen LogP contribution in [0.5, 0.6) is 11.5 Å². The first-order valence-electron chi connectivity index (χ1n) is 9.83. The van der Waals surface area contributed by atoms with Gasteiger partial charge in [0.1, 0.15) is 11.5 Å². The van der Waals surface area contributed by atoms with E-state index >= 15 is 0 Å². The number of hydrogen-bond donors (Lipinski definition) is 1. The summed E-state index contributed by atoms with van der Waals surface area (Å²) in [6, 6.07) is 9.89. The average molecular weight is 451 g/mol. The first-order chi connectivity index (χ1) is 14.4. The van der Waals surface area contributed by atoms with Gasteiger partial charge in [-0.3, -0.25) is 9.52 Å². The molecule has 1 aliphatic rings. The lowest BCUT2D eigenvalue weighted by atomic mass is 10.2. The molecule has 2 aromatic carbocycles. The van der Waals surface area contributed by atoms with Gasteiger partial charge >= 0.3 is 0 Å². The second-order valence-electron chi connectivity index (χ2n) is 6.63. The maximum absolute atomic E-state index is 13.2. The fraction of sp³-hybridized carbons (Fsp3) is 0.381. The van der Waals surface area contributed by atoms with Gasteiger partial charge in [-0.2, -0.15) is 0 Å². The van der Waals surface area contributed by atoms with Crippen molar-refractivity contribution in [2.45, 2.75) is 37.0 Å². The zero-order chi connectivity index (χ0) is 21.7. The summed E-state index contributed by atoms with van der Waals surface area (Å²) in [4.78, 5) is 14.7. The lowest BCUT2D eigenvalue weighted by Crippen LogP contribution is -2.29. The largest absolute Gasteiger partial charge is 0.494 e. The van der Waals surface area contributed by atoms with Gasteiger partial charge < -0.3 is 14.4 Å². The van der Waals surface area contributed by atoms with E-state index in [-0.39, 0.29) is 10.8 Å². The number of thioether (sulfide) groups is 1. The van der Waals surface area contributed by atoms with Gasteiger partial charge in [0.15, 0.2) is 0 Å². The molecule has 1 amide bonds. The summed E-state index contributed by atoms with van der Waals surface area (Å²) in [6.07, 6.45) is 0.848. The predicted molar refractivity (Wildman–Crippen MR) is 119 cm³/mol. The number of rotatable bonds is 7. The van der Waals surface area contributed by atoms with Crippen molar-refractivity contribution in [3.8, 4) is 11.5 Å². The monoisotopic (exact) mass is 450 g/mol. The fourth-order valence-electron chi connectivity index (χ4n) is 3.18. The van der Waals surface area contributed by atoms with Gasteiger partial charge in [0.2, 0.25) is 5.91 Å². The van der Waals surface area contributed by atoms with E-state index in [1.54, 1.807) is 53.1 Å². The normalized spacial score (nSPS) is 13.9. The van der Waals surface area contributed by atoms with Gasteiger partial charge in [-0.15, -0.1) is 11.8 Å². The van der Waals surface area contributed by atoms with Gasteiger partial charge in [0.05, 0.1) is 29.5 Å². The van der Waals surface area contributed by atoms with E-state index in [0.29, 0.717) is 42.6 Å².